The third kappa shape index (κ3) is 2.68. The molecule has 2 aromatic rings. The number of rotatable bonds is 4. The van der Waals surface area contributed by atoms with Gasteiger partial charge in [0.15, 0.2) is 0 Å². The number of benzene rings is 1. The van der Waals surface area contributed by atoms with E-state index in [9.17, 15) is 0 Å². The van der Waals surface area contributed by atoms with Crippen LogP contribution in [0.5, 0.6) is 5.88 Å². The highest BCUT2D eigenvalue weighted by Crippen LogP contribution is 2.28. The first kappa shape index (κ1) is 12.6. The summed E-state index contributed by atoms with van der Waals surface area (Å²) in [6.45, 7) is 0. The first-order valence-corrected chi connectivity index (χ1v) is 6.67. The van der Waals surface area contributed by atoms with Crippen molar-refractivity contribution in [3.8, 4) is 5.88 Å². The fourth-order valence-corrected chi connectivity index (χ4v) is 2.12. The summed E-state index contributed by atoms with van der Waals surface area (Å²) in [5.74, 6) is 1.14. The molecule has 0 saturated carbocycles. The maximum atomic E-state index is 5.73. The van der Waals surface area contributed by atoms with E-state index >= 15 is 0 Å². The summed E-state index contributed by atoms with van der Waals surface area (Å²) in [7, 11) is 1.55. The fraction of sp³-hybridized carbons (Fsp3) is 0.154. The SMILES string of the molecule is COc1nc(Nc2ccccc2SC)ccc1N. The average molecular weight is 261 g/mol. The van der Waals surface area contributed by atoms with Crippen LogP contribution < -0.4 is 15.8 Å². The molecule has 94 valence electrons. The molecule has 4 nitrogen and oxygen atoms in total. The van der Waals surface area contributed by atoms with Gasteiger partial charge in [0.2, 0.25) is 5.88 Å². The van der Waals surface area contributed by atoms with Gasteiger partial charge in [-0.2, -0.15) is 4.98 Å². The number of aromatic nitrogens is 1. The van der Waals surface area contributed by atoms with Crippen molar-refractivity contribution in [2.24, 2.45) is 0 Å². The van der Waals surface area contributed by atoms with Gasteiger partial charge in [-0.1, -0.05) is 12.1 Å². The zero-order valence-corrected chi connectivity index (χ0v) is 11.1. The second kappa shape index (κ2) is 5.64. The molecule has 0 aliphatic heterocycles. The molecule has 0 aliphatic carbocycles. The van der Waals surface area contributed by atoms with Crippen molar-refractivity contribution in [1.29, 1.82) is 0 Å². The van der Waals surface area contributed by atoms with Crippen molar-refractivity contribution in [3.63, 3.8) is 0 Å². The monoisotopic (exact) mass is 261 g/mol. The molecule has 0 unspecified atom stereocenters. The first-order valence-electron chi connectivity index (χ1n) is 5.45. The van der Waals surface area contributed by atoms with Crippen LogP contribution in [0, 0.1) is 0 Å². The largest absolute Gasteiger partial charge is 0.479 e. The lowest BCUT2D eigenvalue weighted by Crippen LogP contribution is -1.99. The Labute approximate surface area is 111 Å². The van der Waals surface area contributed by atoms with Gasteiger partial charge in [0.1, 0.15) is 5.82 Å². The zero-order chi connectivity index (χ0) is 13.0. The molecule has 1 aromatic carbocycles. The van der Waals surface area contributed by atoms with E-state index in [4.69, 9.17) is 10.5 Å². The van der Waals surface area contributed by atoms with Crippen molar-refractivity contribution in [3.05, 3.63) is 36.4 Å². The minimum atomic E-state index is 0.432. The summed E-state index contributed by atoms with van der Waals surface area (Å²) in [6.07, 6.45) is 2.04. The van der Waals surface area contributed by atoms with E-state index in [1.165, 1.54) is 0 Å². The number of thioether (sulfide) groups is 1. The predicted octanol–water partition coefficient (Wildman–Crippen LogP) is 3.14. The molecule has 3 N–H and O–H groups in total. The van der Waals surface area contributed by atoms with Gasteiger partial charge in [-0.05, 0) is 30.5 Å². The highest BCUT2D eigenvalue weighted by atomic mass is 32.2. The van der Waals surface area contributed by atoms with Crippen molar-refractivity contribution in [1.82, 2.24) is 4.98 Å². The van der Waals surface area contributed by atoms with Crippen LogP contribution >= 0.6 is 11.8 Å². The van der Waals surface area contributed by atoms with Gasteiger partial charge < -0.3 is 15.8 Å². The molecular formula is C13H15N3OS. The van der Waals surface area contributed by atoms with Crippen LogP contribution in [0.4, 0.5) is 17.2 Å². The molecule has 0 radical (unpaired) electrons. The van der Waals surface area contributed by atoms with Crippen molar-refractivity contribution < 1.29 is 4.74 Å². The Balaban J connectivity index is 2.28. The van der Waals surface area contributed by atoms with Crippen molar-refractivity contribution in [2.45, 2.75) is 4.90 Å². The highest BCUT2D eigenvalue weighted by molar-refractivity contribution is 7.98. The second-order valence-corrected chi connectivity index (χ2v) is 4.47. The maximum Gasteiger partial charge on any atom is 0.238 e. The average Bonchev–Trinajstić information content (AvgIpc) is 2.41. The standard InChI is InChI=1S/C13H15N3OS/c1-17-13-9(14)7-8-12(16-13)15-10-5-3-4-6-11(10)18-2/h3-8H,14H2,1-2H3,(H,15,16). The molecular weight excluding hydrogens is 246 g/mol. The van der Waals surface area contributed by atoms with Crippen LogP contribution in [0.1, 0.15) is 0 Å². The molecule has 0 fully saturated rings. The first-order chi connectivity index (χ1) is 8.74. The molecule has 0 saturated heterocycles. The Morgan fingerprint density at radius 1 is 1.22 bits per heavy atom. The number of methoxy groups -OCH3 is 1. The number of para-hydroxylation sites is 1. The molecule has 1 heterocycles. The van der Waals surface area contributed by atoms with E-state index in [1.807, 2.05) is 30.5 Å². The van der Waals surface area contributed by atoms with Gasteiger partial charge >= 0.3 is 0 Å². The van der Waals surface area contributed by atoms with Gasteiger partial charge in [0, 0.05) is 4.90 Å². The van der Waals surface area contributed by atoms with Crippen LogP contribution in [-0.4, -0.2) is 18.3 Å². The molecule has 1 aromatic heterocycles. The second-order valence-electron chi connectivity index (χ2n) is 3.62. The third-order valence-electron chi connectivity index (χ3n) is 2.45. The molecule has 2 rings (SSSR count). The third-order valence-corrected chi connectivity index (χ3v) is 3.25. The minimum absolute atomic E-state index is 0.432. The minimum Gasteiger partial charge on any atom is -0.479 e. The van der Waals surface area contributed by atoms with Gasteiger partial charge in [-0.25, -0.2) is 0 Å². The Hall–Kier alpha value is -1.88. The van der Waals surface area contributed by atoms with Gasteiger partial charge in [-0.3, -0.25) is 0 Å². The fourth-order valence-electron chi connectivity index (χ4n) is 1.57. The Bertz CT molecular complexity index is 546. The molecule has 0 spiro atoms. The number of hydrogen-bond acceptors (Lipinski definition) is 5. The molecule has 5 heteroatoms. The lowest BCUT2D eigenvalue weighted by molar-refractivity contribution is 0.401. The van der Waals surface area contributed by atoms with Crippen LogP contribution in [0.3, 0.4) is 0 Å². The van der Waals surface area contributed by atoms with E-state index in [1.54, 1.807) is 24.9 Å². The summed E-state index contributed by atoms with van der Waals surface area (Å²) >= 11 is 1.68. The molecule has 0 amide bonds. The zero-order valence-electron chi connectivity index (χ0n) is 10.3. The lowest BCUT2D eigenvalue weighted by Gasteiger charge is -2.11. The Morgan fingerprint density at radius 3 is 2.72 bits per heavy atom. The van der Waals surface area contributed by atoms with Gasteiger partial charge in [-0.15, -0.1) is 11.8 Å². The summed E-state index contributed by atoms with van der Waals surface area (Å²) in [5.41, 5.74) is 7.28. The maximum absolute atomic E-state index is 5.73. The van der Waals surface area contributed by atoms with Gasteiger partial charge in [0.05, 0.1) is 18.5 Å². The summed E-state index contributed by atoms with van der Waals surface area (Å²) in [4.78, 5) is 5.46. The topological polar surface area (TPSA) is 60.2 Å². The molecule has 0 aliphatic rings. The van der Waals surface area contributed by atoms with E-state index in [2.05, 4.69) is 16.4 Å². The van der Waals surface area contributed by atoms with E-state index in [-0.39, 0.29) is 0 Å². The number of nitrogens with two attached hydrogens (primary N) is 1. The number of anilines is 3. The van der Waals surface area contributed by atoms with Crippen LogP contribution in [-0.2, 0) is 0 Å². The van der Waals surface area contributed by atoms with Crippen molar-refractivity contribution >= 4 is 29.0 Å². The molecule has 0 atom stereocenters. The number of nitrogens with zero attached hydrogens (tertiary/aromatic N) is 1. The number of nitrogens with one attached hydrogen (secondary N) is 1. The lowest BCUT2D eigenvalue weighted by atomic mass is 10.3. The van der Waals surface area contributed by atoms with Crippen LogP contribution in [0.15, 0.2) is 41.3 Å². The smallest absolute Gasteiger partial charge is 0.238 e. The summed E-state index contributed by atoms with van der Waals surface area (Å²) < 4.78 is 5.10. The molecule has 0 bridgehead atoms. The summed E-state index contributed by atoms with van der Waals surface area (Å²) in [6, 6.07) is 11.7. The summed E-state index contributed by atoms with van der Waals surface area (Å²) in [5, 5.41) is 3.26. The number of nitrogen functional groups attached to an aromatic ring is 1. The van der Waals surface area contributed by atoms with Gasteiger partial charge in [0.25, 0.3) is 0 Å². The van der Waals surface area contributed by atoms with Crippen molar-refractivity contribution in [2.75, 3.05) is 24.4 Å². The van der Waals surface area contributed by atoms with Crippen LogP contribution in [0.25, 0.3) is 0 Å². The predicted molar refractivity (Wildman–Crippen MR) is 76.7 cm³/mol. The quantitative estimate of drug-likeness (QED) is 0.828. The normalized spacial score (nSPS) is 10.1. The van der Waals surface area contributed by atoms with E-state index in [0.29, 0.717) is 17.4 Å². The Kier molecular flexibility index (Phi) is 3.94. The Morgan fingerprint density at radius 2 is 2.00 bits per heavy atom. The number of ether oxygens (including phenoxy) is 1. The number of hydrogen-bond donors (Lipinski definition) is 2. The molecule has 18 heavy (non-hydrogen) atoms. The van der Waals surface area contributed by atoms with E-state index < -0.39 is 0 Å². The number of pyridine rings is 1. The highest BCUT2D eigenvalue weighted by Gasteiger charge is 2.05. The van der Waals surface area contributed by atoms with Crippen LogP contribution in [0.2, 0.25) is 0 Å². The van der Waals surface area contributed by atoms with E-state index in [0.717, 1.165) is 10.6 Å².